The van der Waals surface area contributed by atoms with Crippen molar-refractivity contribution >= 4 is 21.6 Å². The van der Waals surface area contributed by atoms with Crippen molar-refractivity contribution in [3.8, 4) is 5.75 Å². The van der Waals surface area contributed by atoms with Crippen molar-refractivity contribution in [1.82, 2.24) is 5.32 Å². The van der Waals surface area contributed by atoms with Crippen LogP contribution in [0.2, 0.25) is 0 Å². The summed E-state index contributed by atoms with van der Waals surface area (Å²) in [5.41, 5.74) is 3.06. The second-order valence-electron chi connectivity index (χ2n) is 6.95. The Morgan fingerprint density at radius 2 is 1.73 bits per heavy atom. The number of anilines is 1. The van der Waals surface area contributed by atoms with Gasteiger partial charge in [-0.25, -0.2) is 8.42 Å². The monoisotopic (exact) mass is 424 g/mol. The molecule has 0 aliphatic rings. The van der Waals surface area contributed by atoms with Crippen LogP contribution in [0.4, 0.5) is 5.69 Å². The van der Waals surface area contributed by atoms with Crippen LogP contribution in [0.5, 0.6) is 5.75 Å². The number of methoxy groups -OCH3 is 1. The van der Waals surface area contributed by atoms with Gasteiger partial charge in [-0.2, -0.15) is 0 Å². The van der Waals surface area contributed by atoms with Crippen molar-refractivity contribution in [2.24, 2.45) is 0 Å². The van der Waals surface area contributed by atoms with Crippen LogP contribution in [-0.4, -0.2) is 21.4 Å². The van der Waals surface area contributed by atoms with Crippen LogP contribution in [0, 0.1) is 13.8 Å². The molecule has 0 fully saturated rings. The molecular formula is C23H24N2O4S. The van der Waals surface area contributed by atoms with Crippen molar-refractivity contribution < 1.29 is 17.9 Å². The zero-order chi connectivity index (χ0) is 21.7. The lowest BCUT2D eigenvalue weighted by atomic mass is 10.1. The molecule has 0 spiro atoms. The summed E-state index contributed by atoms with van der Waals surface area (Å²) in [7, 11) is -2.28. The quantitative estimate of drug-likeness (QED) is 0.599. The molecule has 0 bridgehead atoms. The topological polar surface area (TPSA) is 84.5 Å². The van der Waals surface area contributed by atoms with Gasteiger partial charge in [-0.15, -0.1) is 0 Å². The van der Waals surface area contributed by atoms with E-state index in [0.29, 0.717) is 17.0 Å². The van der Waals surface area contributed by atoms with Crippen LogP contribution in [0.3, 0.4) is 0 Å². The number of para-hydroxylation sites is 1. The van der Waals surface area contributed by atoms with E-state index in [-0.39, 0.29) is 22.9 Å². The van der Waals surface area contributed by atoms with Gasteiger partial charge in [-0.05, 0) is 55.3 Å². The molecule has 0 saturated carbocycles. The summed E-state index contributed by atoms with van der Waals surface area (Å²) >= 11 is 0. The van der Waals surface area contributed by atoms with E-state index in [1.54, 1.807) is 44.4 Å². The Morgan fingerprint density at radius 3 is 2.47 bits per heavy atom. The second-order valence-corrected chi connectivity index (χ2v) is 8.60. The number of ether oxygens (including phenoxy) is 1. The van der Waals surface area contributed by atoms with E-state index in [1.165, 1.54) is 6.07 Å². The number of aryl methyl sites for hydroxylation is 2. The van der Waals surface area contributed by atoms with Gasteiger partial charge in [0.25, 0.3) is 15.9 Å². The Bertz CT molecular complexity index is 1170. The molecule has 30 heavy (non-hydrogen) atoms. The number of hydrogen-bond donors (Lipinski definition) is 2. The normalized spacial score (nSPS) is 11.0. The van der Waals surface area contributed by atoms with Crippen LogP contribution in [0.1, 0.15) is 27.0 Å². The first-order valence-corrected chi connectivity index (χ1v) is 10.9. The van der Waals surface area contributed by atoms with E-state index in [4.69, 9.17) is 4.74 Å². The zero-order valence-electron chi connectivity index (χ0n) is 17.1. The molecule has 0 heterocycles. The number of carbonyl (C=O) groups excluding carboxylic acids is 1. The maximum Gasteiger partial charge on any atom is 0.262 e. The summed E-state index contributed by atoms with van der Waals surface area (Å²) in [4.78, 5) is 12.7. The summed E-state index contributed by atoms with van der Waals surface area (Å²) in [6.07, 6.45) is 0. The molecular weight excluding hydrogens is 400 g/mol. The molecule has 2 N–H and O–H groups in total. The molecule has 156 valence electrons. The Kier molecular flexibility index (Phi) is 6.42. The van der Waals surface area contributed by atoms with Crippen molar-refractivity contribution in [1.29, 1.82) is 0 Å². The highest BCUT2D eigenvalue weighted by molar-refractivity contribution is 7.92. The van der Waals surface area contributed by atoms with Crippen LogP contribution >= 0.6 is 0 Å². The number of carbonyl (C=O) groups is 1. The van der Waals surface area contributed by atoms with Gasteiger partial charge in [-0.3, -0.25) is 9.52 Å². The van der Waals surface area contributed by atoms with Crippen LogP contribution in [0.15, 0.2) is 71.6 Å². The molecule has 6 nitrogen and oxygen atoms in total. The molecule has 0 saturated heterocycles. The number of sulfonamides is 1. The number of nitrogens with one attached hydrogen (secondary N) is 2. The Hall–Kier alpha value is -3.32. The van der Waals surface area contributed by atoms with Gasteiger partial charge < -0.3 is 10.1 Å². The number of rotatable bonds is 7. The third kappa shape index (κ3) is 4.99. The first kappa shape index (κ1) is 21.4. The molecule has 1 amide bonds. The SMILES string of the molecule is COc1ccccc1CNC(=O)c1ccc(C)c(S(=O)(=O)Nc2cccc(C)c2)c1. The van der Waals surface area contributed by atoms with Crippen molar-refractivity contribution in [3.05, 3.63) is 89.0 Å². The van der Waals surface area contributed by atoms with Crippen LogP contribution in [-0.2, 0) is 16.6 Å². The molecule has 0 unspecified atom stereocenters. The third-order valence-electron chi connectivity index (χ3n) is 4.64. The first-order valence-electron chi connectivity index (χ1n) is 9.40. The zero-order valence-corrected chi connectivity index (χ0v) is 17.9. The highest BCUT2D eigenvalue weighted by Gasteiger charge is 2.19. The average molecular weight is 425 g/mol. The fourth-order valence-corrected chi connectivity index (χ4v) is 4.40. The Labute approximate surface area is 177 Å². The summed E-state index contributed by atoms with van der Waals surface area (Å²) in [5, 5.41) is 2.81. The predicted molar refractivity (Wildman–Crippen MR) is 117 cm³/mol. The summed E-state index contributed by atoms with van der Waals surface area (Å²) < 4.78 is 33.7. The van der Waals surface area contributed by atoms with E-state index in [0.717, 1.165) is 11.1 Å². The van der Waals surface area contributed by atoms with Crippen molar-refractivity contribution in [2.75, 3.05) is 11.8 Å². The molecule has 0 radical (unpaired) electrons. The van der Waals surface area contributed by atoms with E-state index in [9.17, 15) is 13.2 Å². The maximum atomic E-state index is 12.9. The molecule has 0 aliphatic heterocycles. The molecule has 3 aromatic rings. The predicted octanol–water partition coefficient (Wildman–Crippen LogP) is 4.04. The first-order chi connectivity index (χ1) is 14.3. The standard InChI is InChI=1S/C23H24N2O4S/c1-16-7-6-9-20(13-16)25-30(27,28)22-14-18(12-11-17(22)2)23(26)24-15-19-8-4-5-10-21(19)29-3/h4-14,25H,15H2,1-3H3,(H,24,26). The van der Waals surface area contributed by atoms with Gasteiger partial charge >= 0.3 is 0 Å². The lowest BCUT2D eigenvalue weighted by molar-refractivity contribution is 0.0950. The summed E-state index contributed by atoms with van der Waals surface area (Å²) in [6.45, 7) is 3.84. The smallest absolute Gasteiger partial charge is 0.262 e. The molecule has 0 aromatic heterocycles. The highest BCUT2D eigenvalue weighted by Crippen LogP contribution is 2.22. The van der Waals surface area contributed by atoms with Crippen molar-refractivity contribution in [2.45, 2.75) is 25.3 Å². The third-order valence-corrected chi connectivity index (χ3v) is 6.17. The van der Waals surface area contributed by atoms with Gasteiger partial charge in [0.15, 0.2) is 0 Å². The fourth-order valence-electron chi connectivity index (χ4n) is 3.08. The van der Waals surface area contributed by atoms with Gasteiger partial charge in [0, 0.05) is 23.4 Å². The molecule has 0 aliphatic carbocycles. The van der Waals surface area contributed by atoms with Gasteiger partial charge in [0.1, 0.15) is 5.75 Å². The lowest BCUT2D eigenvalue weighted by Crippen LogP contribution is -2.24. The minimum absolute atomic E-state index is 0.0638. The fraction of sp³-hybridized carbons (Fsp3) is 0.174. The molecule has 0 atom stereocenters. The van der Waals surface area contributed by atoms with E-state index in [1.807, 2.05) is 37.3 Å². The van der Waals surface area contributed by atoms with Crippen LogP contribution < -0.4 is 14.8 Å². The van der Waals surface area contributed by atoms with E-state index in [2.05, 4.69) is 10.0 Å². The Balaban J connectivity index is 1.81. The molecule has 3 aromatic carbocycles. The van der Waals surface area contributed by atoms with Gasteiger partial charge in [0.2, 0.25) is 0 Å². The highest BCUT2D eigenvalue weighted by atomic mass is 32.2. The average Bonchev–Trinajstić information content (AvgIpc) is 2.72. The van der Waals surface area contributed by atoms with E-state index < -0.39 is 10.0 Å². The minimum atomic E-state index is -3.84. The number of hydrogen-bond acceptors (Lipinski definition) is 4. The Morgan fingerprint density at radius 1 is 0.967 bits per heavy atom. The minimum Gasteiger partial charge on any atom is -0.496 e. The molecule has 3 rings (SSSR count). The summed E-state index contributed by atoms with van der Waals surface area (Å²) in [5.74, 6) is 0.306. The van der Waals surface area contributed by atoms with E-state index >= 15 is 0 Å². The second kappa shape index (κ2) is 9.00. The number of benzene rings is 3. The van der Waals surface area contributed by atoms with Gasteiger partial charge in [-0.1, -0.05) is 36.4 Å². The largest absolute Gasteiger partial charge is 0.496 e. The van der Waals surface area contributed by atoms with Crippen LogP contribution in [0.25, 0.3) is 0 Å². The maximum absolute atomic E-state index is 12.9. The number of amides is 1. The van der Waals surface area contributed by atoms with Crippen molar-refractivity contribution in [3.63, 3.8) is 0 Å². The summed E-state index contributed by atoms with van der Waals surface area (Å²) in [6, 6.07) is 19.1. The lowest BCUT2D eigenvalue weighted by Gasteiger charge is -2.13. The molecule has 7 heteroatoms. The van der Waals surface area contributed by atoms with Gasteiger partial charge in [0.05, 0.1) is 12.0 Å².